The summed E-state index contributed by atoms with van der Waals surface area (Å²) in [5.74, 6) is 0. The summed E-state index contributed by atoms with van der Waals surface area (Å²) in [7, 11) is -3.06. The maximum absolute atomic E-state index is 12.1. The molecule has 0 N–H and O–H groups in total. The third kappa shape index (κ3) is 2.26. The third-order valence-electron chi connectivity index (χ3n) is 3.72. The molecule has 1 unspecified atom stereocenters. The molecule has 0 aromatic rings. The Labute approximate surface area is 98.7 Å². The van der Waals surface area contributed by atoms with Crippen molar-refractivity contribution in [2.45, 2.75) is 44.4 Å². The monoisotopic (exact) mass is 246 g/mol. The van der Waals surface area contributed by atoms with Gasteiger partial charge in [-0.2, -0.15) is 0 Å². The lowest BCUT2D eigenvalue weighted by atomic mass is 10.2. The van der Waals surface area contributed by atoms with Crippen molar-refractivity contribution >= 4 is 10.0 Å². The molecule has 0 radical (unpaired) electrons. The van der Waals surface area contributed by atoms with Gasteiger partial charge < -0.3 is 0 Å². The van der Waals surface area contributed by atoms with Gasteiger partial charge in [0.25, 0.3) is 0 Å². The Morgan fingerprint density at radius 1 is 1.12 bits per heavy atom. The summed E-state index contributed by atoms with van der Waals surface area (Å²) in [6.45, 7) is 7.17. The molecule has 5 heteroatoms. The Morgan fingerprint density at radius 2 is 1.81 bits per heavy atom. The highest BCUT2D eigenvalue weighted by molar-refractivity contribution is 7.89. The fourth-order valence-corrected chi connectivity index (χ4v) is 4.06. The lowest BCUT2D eigenvalue weighted by Gasteiger charge is -2.26. The fraction of sp³-hybridized carbons (Fsp3) is 1.00. The average molecular weight is 246 g/mol. The van der Waals surface area contributed by atoms with E-state index in [-0.39, 0.29) is 5.25 Å². The van der Waals surface area contributed by atoms with E-state index in [9.17, 15) is 8.42 Å². The normalized spacial score (nSPS) is 29.3. The van der Waals surface area contributed by atoms with Crippen LogP contribution in [0.4, 0.5) is 0 Å². The first-order valence-corrected chi connectivity index (χ1v) is 7.75. The topological polar surface area (TPSA) is 40.6 Å². The zero-order valence-electron chi connectivity index (χ0n) is 10.2. The molecular weight excluding hydrogens is 224 g/mol. The molecular formula is C11H22N2O2S. The van der Waals surface area contributed by atoms with E-state index in [1.165, 1.54) is 6.42 Å². The molecule has 2 saturated heterocycles. The van der Waals surface area contributed by atoms with Crippen LogP contribution in [-0.4, -0.2) is 55.1 Å². The summed E-state index contributed by atoms with van der Waals surface area (Å²) >= 11 is 0. The van der Waals surface area contributed by atoms with Gasteiger partial charge in [-0.15, -0.1) is 0 Å². The van der Waals surface area contributed by atoms with Gasteiger partial charge in [-0.05, 0) is 46.2 Å². The molecule has 16 heavy (non-hydrogen) atoms. The van der Waals surface area contributed by atoms with Gasteiger partial charge in [0.05, 0.1) is 5.25 Å². The largest absolute Gasteiger partial charge is 0.299 e. The summed E-state index contributed by atoms with van der Waals surface area (Å²) in [5, 5.41) is -0.291. The minimum absolute atomic E-state index is 0.291. The van der Waals surface area contributed by atoms with E-state index in [4.69, 9.17) is 0 Å². The number of hydrogen-bond acceptors (Lipinski definition) is 3. The quantitative estimate of drug-likeness (QED) is 0.727. The summed E-state index contributed by atoms with van der Waals surface area (Å²) < 4.78 is 26.0. The van der Waals surface area contributed by atoms with Crippen molar-refractivity contribution in [1.82, 2.24) is 9.21 Å². The third-order valence-corrected chi connectivity index (χ3v) is 5.96. The SMILES string of the molecule is CC(C)S(=O)(=O)N1CCCN2CCCC2C1. The second-order valence-corrected chi connectivity index (χ2v) is 7.63. The predicted octanol–water partition coefficient (Wildman–Crippen LogP) is 0.895. The molecule has 2 aliphatic rings. The number of hydrogen-bond donors (Lipinski definition) is 0. The van der Waals surface area contributed by atoms with Crippen LogP contribution in [0, 0.1) is 0 Å². The molecule has 1 atom stereocenters. The molecule has 2 rings (SSSR count). The van der Waals surface area contributed by atoms with Gasteiger partial charge in [0.2, 0.25) is 10.0 Å². The molecule has 0 amide bonds. The molecule has 2 aliphatic heterocycles. The molecule has 4 nitrogen and oxygen atoms in total. The highest BCUT2D eigenvalue weighted by atomic mass is 32.2. The highest BCUT2D eigenvalue weighted by Crippen LogP contribution is 2.23. The van der Waals surface area contributed by atoms with Crippen molar-refractivity contribution in [1.29, 1.82) is 0 Å². The Morgan fingerprint density at radius 3 is 2.50 bits per heavy atom. The summed E-state index contributed by atoms with van der Waals surface area (Å²) in [6, 6.07) is 0.469. The van der Waals surface area contributed by atoms with Gasteiger partial charge in [0.15, 0.2) is 0 Å². The fourth-order valence-electron chi connectivity index (χ4n) is 2.70. The van der Waals surface area contributed by atoms with Crippen LogP contribution in [0.1, 0.15) is 33.1 Å². The van der Waals surface area contributed by atoms with E-state index < -0.39 is 10.0 Å². The van der Waals surface area contributed by atoms with Crippen molar-refractivity contribution < 1.29 is 8.42 Å². The smallest absolute Gasteiger partial charge is 0.216 e. The van der Waals surface area contributed by atoms with E-state index in [0.29, 0.717) is 19.1 Å². The first kappa shape index (κ1) is 12.3. The molecule has 0 spiro atoms. The minimum atomic E-state index is -3.06. The second-order valence-electron chi connectivity index (χ2n) is 5.14. The van der Waals surface area contributed by atoms with Crippen molar-refractivity contribution in [3.05, 3.63) is 0 Å². The minimum Gasteiger partial charge on any atom is -0.299 e. The maximum Gasteiger partial charge on any atom is 0.216 e. The van der Waals surface area contributed by atoms with Crippen LogP contribution in [0.2, 0.25) is 0 Å². The van der Waals surface area contributed by atoms with Gasteiger partial charge in [-0.3, -0.25) is 4.90 Å². The van der Waals surface area contributed by atoms with Gasteiger partial charge in [-0.25, -0.2) is 12.7 Å². The number of fused-ring (bicyclic) bond motifs is 1. The molecule has 0 saturated carbocycles. The van der Waals surface area contributed by atoms with E-state index >= 15 is 0 Å². The molecule has 0 aromatic heterocycles. The summed E-state index contributed by atoms with van der Waals surface area (Å²) in [5.41, 5.74) is 0. The van der Waals surface area contributed by atoms with Crippen LogP contribution in [0.5, 0.6) is 0 Å². The van der Waals surface area contributed by atoms with Gasteiger partial charge in [-0.1, -0.05) is 0 Å². The molecule has 0 aliphatic carbocycles. The van der Waals surface area contributed by atoms with E-state index in [1.807, 2.05) is 0 Å². The van der Waals surface area contributed by atoms with Crippen LogP contribution >= 0.6 is 0 Å². The van der Waals surface area contributed by atoms with Crippen LogP contribution in [0.15, 0.2) is 0 Å². The maximum atomic E-state index is 12.1. The van der Waals surface area contributed by atoms with Crippen LogP contribution in [0.25, 0.3) is 0 Å². The molecule has 2 fully saturated rings. The predicted molar refractivity (Wildman–Crippen MR) is 64.8 cm³/mol. The molecule has 0 bridgehead atoms. The Balaban J connectivity index is 2.12. The molecule has 0 aromatic carbocycles. The van der Waals surface area contributed by atoms with Gasteiger partial charge in [0.1, 0.15) is 0 Å². The second kappa shape index (κ2) is 4.63. The number of rotatable bonds is 2. The van der Waals surface area contributed by atoms with E-state index in [0.717, 1.165) is 25.9 Å². The first-order chi connectivity index (χ1) is 7.51. The Bertz CT molecular complexity index is 340. The first-order valence-electron chi connectivity index (χ1n) is 6.25. The van der Waals surface area contributed by atoms with Crippen molar-refractivity contribution in [3.63, 3.8) is 0 Å². The Hall–Kier alpha value is -0.130. The number of sulfonamides is 1. The van der Waals surface area contributed by atoms with Crippen LogP contribution in [-0.2, 0) is 10.0 Å². The molecule has 2 heterocycles. The average Bonchev–Trinajstić information content (AvgIpc) is 2.55. The Kier molecular flexibility index (Phi) is 3.56. The van der Waals surface area contributed by atoms with Crippen molar-refractivity contribution in [2.24, 2.45) is 0 Å². The molecule has 94 valence electrons. The zero-order chi connectivity index (χ0) is 11.8. The lowest BCUT2D eigenvalue weighted by Crippen LogP contribution is -2.42. The van der Waals surface area contributed by atoms with Crippen LogP contribution in [0.3, 0.4) is 0 Å². The summed E-state index contributed by atoms with van der Waals surface area (Å²) in [4.78, 5) is 2.45. The standard InChI is InChI=1S/C11H22N2O2S/c1-10(2)16(14,15)13-8-4-7-12-6-3-5-11(12)9-13/h10-11H,3-9H2,1-2H3. The lowest BCUT2D eigenvalue weighted by molar-refractivity contribution is 0.257. The van der Waals surface area contributed by atoms with Crippen molar-refractivity contribution in [2.75, 3.05) is 26.2 Å². The van der Waals surface area contributed by atoms with Gasteiger partial charge >= 0.3 is 0 Å². The van der Waals surface area contributed by atoms with Crippen molar-refractivity contribution in [3.8, 4) is 0 Å². The van der Waals surface area contributed by atoms with Gasteiger partial charge in [0, 0.05) is 19.1 Å². The van der Waals surface area contributed by atoms with E-state index in [1.54, 1.807) is 18.2 Å². The van der Waals surface area contributed by atoms with E-state index in [2.05, 4.69) is 4.90 Å². The zero-order valence-corrected chi connectivity index (χ0v) is 11.0. The highest BCUT2D eigenvalue weighted by Gasteiger charge is 2.34. The number of nitrogens with zero attached hydrogens (tertiary/aromatic N) is 2. The summed E-state index contributed by atoms with van der Waals surface area (Å²) in [6.07, 6.45) is 3.35. The van der Waals surface area contributed by atoms with Crippen LogP contribution < -0.4 is 0 Å².